The predicted octanol–water partition coefficient (Wildman–Crippen LogP) is 1.95. The Labute approximate surface area is 111 Å². The lowest BCUT2D eigenvalue weighted by atomic mass is 10.2. The van der Waals surface area contributed by atoms with Gasteiger partial charge in [-0.2, -0.15) is 0 Å². The topological polar surface area (TPSA) is 50.3 Å². The molecule has 1 aromatic heterocycles. The number of para-hydroxylation sites is 1. The Bertz CT molecular complexity index is 644. The zero-order valence-corrected chi connectivity index (χ0v) is 11.3. The number of ether oxygens (including phenoxy) is 1. The maximum atomic E-state index is 12.3. The number of aromatic nitrogens is 2. The summed E-state index contributed by atoms with van der Waals surface area (Å²) in [5.41, 5.74) is 1.66. The summed E-state index contributed by atoms with van der Waals surface area (Å²) in [6.07, 6.45) is 2.33. The molecule has 19 heavy (non-hydrogen) atoms. The third-order valence-electron chi connectivity index (χ3n) is 3.97. The van der Waals surface area contributed by atoms with Crippen LogP contribution in [0.2, 0.25) is 0 Å². The largest absolute Gasteiger partial charge is 0.494 e. The summed E-state index contributed by atoms with van der Waals surface area (Å²) in [5.74, 6) is 0.717. The van der Waals surface area contributed by atoms with E-state index in [2.05, 4.69) is 16.8 Å². The molecule has 2 aromatic rings. The van der Waals surface area contributed by atoms with Gasteiger partial charge in [-0.05, 0) is 31.5 Å². The molecule has 3 rings (SSSR count). The van der Waals surface area contributed by atoms with Crippen molar-refractivity contribution in [2.24, 2.45) is 0 Å². The number of methoxy groups -OCH3 is 1. The van der Waals surface area contributed by atoms with Crippen LogP contribution in [0.4, 0.5) is 0 Å². The molecule has 0 amide bonds. The molecule has 102 valence electrons. The number of likely N-dealkylation sites (tertiary alicyclic amines) is 1. The SMILES string of the molecule is CCN1CCCC1n1c(=O)[nH]c2c(OC)cccc21. The van der Waals surface area contributed by atoms with Crippen LogP contribution in [-0.4, -0.2) is 34.7 Å². The van der Waals surface area contributed by atoms with Crippen molar-refractivity contribution in [2.45, 2.75) is 25.9 Å². The second-order valence-electron chi connectivity index (χ2n) is 4.91. The molecule has 1 atom stereocenters. The van der Waals surface area contributed by atoms with Gasteiger partial charge in [0.2, 0.25) is 0 Å². The van der Waals surface area contributed by atoms with Crippen LogP contribution in [0.3, 0.4) is 0 Å². The van der Waals surface area contributed by atoms with E-state index in [0.29, 0.717) is 0 Å². The third-order valence-corrected chi connectivity index (χ3v) is 3.97. The molecule has 5 heteroatoms. The fraction of sp³-hybridized carbons (Fsp3) is 0.500. The summed E-state index contributed by atoms with van der Waals surface area (Å²) < 4.78 is 7.18. The number of benzene rings is 1. The minimum absolute atomic E-state index is 0.0511. The summed E-state index contributed by atoms with van der Waals surface area (Å²) >= 11 is 0. The Morgan fingerprint density at radius 3 is 3.05 bits per heavy atom. The van der Waals surface area contributed by atoms with Gasteiger partial charge >= 0.3 is 5.69 Å². The summed E-state index contributed by atoms with van der Waals surface area (Å²) in [4.78, 5) is 17.5. The van der Waals surface area contributed by atoms with Gasteiger partial charge in [-0.15, -0.1) is 0 Å². The van der Waals surface area contributed by atoms with Crippen LogP contribution >= 0.6 is 0 Å². The Balaban J connectivity index is 2.18. The first-order chi connectivity index (χ1) is 9.26. The number of rotatable bonds is 3. The van der Waals surface area contributed by atoms with Crippen molar-refractivity contribution in [3.05, 3.63) is 28.7 Å². The van der Waals surface area contributed by atoms with E-state index in [9.17, 15) is 4.79 Å². The number of hydrogen-bond acceptors (Lipinski definition) is 3. The highest BCUT2D eigenvalue weighted by Crippen LogP contribution is 2.30. The summed E-state index contributed by atoms with van der Waals surface area (Å²) in [5, 5.41) is 0. The molecule has 1 saturated heterocycles. The number of fused-ring (bicyclic) bond motifs is 1. The van der Waals surface area contributed by atoms with Crippen LogP contribution in [0.1, 0.15) is 25.9 Å². The molecule has 2 heterocycles. The van der Waals surface area contributed by atoms with E-state index in [1.165, 1.54) is 0 Å². The second kappa shape index (κ2) is 4.74. The lowest BCUT2D eigenvalue weighted by Gasteiger charge is -2.23. The highest BCUT2D eigenvalue weighted by Gasteiger charge is 2.27. The zero-order chi connectivity index (χ0) is 13.4. The van der Waals surface area contributed by atoms with Crippen molar-refractivity contribution in [3.63, 3.8) is 0 Å². The third kappa shape index (κ3) is 1.85. The zero-order valence-electron chi connectivity index (χ0n) is 11.3. The maximum Gasteiger partial charge on any atom is 0.327 e. The smallest absolute Gasteiger partial charge is 0.327 e. The van der Waals surface area contributed by atoms with Gasteiger partial charge in [0.15, 0.2) is 0 Å². The van der Waals surface area contributed by atoms with E-state index in [-0.39, 0.29) is 11.9 Å². The summed E-state index contributed by atoms with van der Waals surface area (Å²) in [6, 6.07) is 5.77. The summed E-state index contributed by atoms with van der Waals surface area (Å²) in [6.45, 7) is 4.16. The van der Waals surface area contributed by atoms with E-state index in [4.69, 9.17) is 4.74 Å². The van der Waals surface area contributed by atoms with Crippen molar-refractivity contribution in [1.82, 2.24) is 14.5 Å². The van der Waals surface area contributed by atoms with Crippen molar-refractivity contribution < 1.29 is 4.74 Å². The molecule has 5 nitrogen and oxygen atoms in total. The monoisotopic (exact) mass is 261 g/mol. The van der Waals surface area contributed by atoms with Crippen molar-refractivity contribution in [2.75, 3.05) is 20.2 Å². The fourth-order valence-electron chi connectivity index (χ4n) is 3.06. The molecule has 0 saturated carbocycles. The molecule has 0 bridgehead atoms. The molecule has 0 spiro atoms. The van der Waals surface area contributed by atoms with E-state index in [0.717, 1.165) is 42.7 Å². The molecule has 1 fully saturated rings. The second-order valence-corrected chi connectivity index (χ2v) is 4.91. The van der Waals surface area contributed by atoms with Crippen LogP contribution in [0.15, 0.2) is 23.0 Å². The normalized spacial score (nSPS) is 20.2. The molecule has 0 aliphatic carbocycles. The van der Waals surface area contributed by atoms with Crippen molar-refractivity contribution in [1.29, 1.82) is 0 Å². The van der Waals surface area contributed by atoms with Crippen LogP contribution in [0.25, 0.3) is 11.0 Å². The lowest BCUT2D eigenvalue weighted by Crippen LogP contribution is -2.32. The van der Waals surface area contributed by atoms with Gasteiger partial charge in [-0.25, -0.2) is 4.79 Å². The van der Waals surface area contributed by atoms with E-state index in [1.54, 1.807) is 7.11 Å². The van der Waals surface area contributed by atoms with E-state index in [1.807, 2.05) is 22.8 Å². The number of aromatic amines is 1. The van der Waals surface area contributed by atoms with Gasteiger partial charge in [-0.1, -0.05) is 13.0 Å². The first-order valence-electron chi connectivity index (χ1n) is 6.77. The fourth-order valence-corrected chi connectivity index (χ4v) is 3.06. The molecule has 1 unspecified atom stereocenters. The van der Waals surface area contributed by atoms with Crippen LogP contribution in [0.5, 0.6) is 5.75 Å². The minimum atomic E-state index is -0.0511. The number of imidazole rings is 1. The lowest BCUT2D eigenvalue weighted by molar-refractivity contribution is 0.204. The van der Waals surface area contributed by atoms with Crippen LogP contribution < -0.4 is 10.4 Å². The Kier molecular flexibility index (Phi) is 3.06. The minimum Gasteiger partial charge on any atom is -0.494 e. The molecule has 1 aliphatic rings. The number of hydrogen-bond donors (Lipinski definition) is 1. The Morgan fingerprint density at radius 2 is 2.32 bits per heavy atom. The highest BCUT2D eigenvalue weighted by molar-refractivity contribution is 5.82. The average molecular weight is 261 g/mol. The van der Waals surface area contributed by atoms with Crippen LogP contribution in [0, 0.1) is 0 Å². The van der Waals surface area contributed by atoms with Gasteiger partial charge in [0.05, 0.1) is 18.8 Å². The van der Waals surface area contributed by atoms with Gasteiger partial charge in [0.1, 0.15) is 11.3 Å². The van der Waals surface area contributed by atoms with Gasteiger partial charge in [-0.3, -0.25) is 9.47 Å². The van der Waals surface area contributed by atoms with Crippen LogP contribution in [-0.2, 0) is 0 Å². The van der Waals surface area contributed by atoms with E-state index < -0.39 is 0 Å². The molecule has 0 radical (unpaired) electrons. The van der Waals surface area contributed by atoms with Crippen molar-refractivity contribution >= 4 is 11.0 Å². The Hall–Kier alpha value is -1.75. The van der Waals surface area contributed by atoms with Gasteiger partial charge < -0.3 is 9.72 Å². The maximum absolute atomic E-state index is 12.3. The quantitative estimate of drug-likeness (QED) is 0.918. The predicted molar refractivity (Wildman–Crippen MR) is 74.6 cm³/mol. The first kappa shape index (κ1) is 12.3. The molecule has 1 aliphatic heterocycles. The molecule has 1 N–H and O–H groups in total. The van der Waals surface area contributed by atoms with E-state index >= 15 is 0 Å². The highest BCUT2D eigenvalue weighted by atomic mass is 16.5. The number of nitrogens with zero attached hydrogens (tertiary/aromatic N) is 2. The first-order valence-corrected chi connectivity index (χ1v) is 6.77. The standard InChI is InChI=1S/C14H19N3O2/c1-3-16-9-5-8-12(16)17-10-6-4-7-11(19-2)13(10)15-14(17)18/h4,6-7,12H,3,5,8-9H2,1-2H3,(H,15,18). The van der Waals surface area contributed by atoms with Crippen molar-refractivity contribution in [3.8, 4) is 5.75 Å². The van der Waals surface area contributed by atoms with Gasteiger partial charge in [0.25, 0.3) is 0 Å². The average Bonchev–Trinajstić information content (AvgIpc) is 3.00. The molecule has 1 aromatic carbocycles. The molecular weight excluding hydrogens is 242 g/mol. The summed E-state index contributed by atoms with van der Waals surface area (Å²) in [7, 11) is 1.62. The number of nitrogens with one attached hydrogen (secondary N) is 1. The molecular formula is C14H19N3O2. The van der Waals surface area contributed by atoms with Gasteiger partial charge in [0, 0.05) is 6.54 Å². The Morgan fingerprint density at radius 1 is 1.47 bits per heavy atom. The number of H-pyrrole nitrogens is 1.